The Kier molecular flexibility index (Phi) is 3.31. The summed E-state index contributed by atoms with van der Waals surface area (Å²) in [5, 5.41) is 7.51. The van der Waals surface area contributed by atoms with Crippen LogP contribution in [0, 0.1) is 6.92 Å². The summed E-state index contributed by atoms with van der Waals surface area (Å²) in [5.74, 6) is 0.450. The molecule has 0 aliphatic carbocycles. The van der Waals surface area contributed by atoms with Crippen molar-refractivity contribution in [2.45, 2.75) is 13.3 Å². The van der Waals surface area contributed by atoms with E-state index in [1.54, 1.807) is 17.5 Å². The highest BCUT2D eigenvalue weighted by atomic mass is 35.5. The second-order valence-electron chi connectivity index (χ2n) is 3.89. The molecule has 98 valence electrons. The second kappa shape index (κ2) is 5.10. The Bertz CT molecular complexity index is 710. The number of nitrogens with one attached hydrogen (secondary N) is 1. The van der Waals surface area contributed by atoms with E-state index in [0.717, 1.165) is 17.5 Å². The lowest BCUT2D eigenvalue weighted by Gasteiger charge is -2.05. The maximum Gasteiger partial charge on any atom is 0.229 e. The topological polar surface area (TPSA) is 76.6 Å². The van der Waals surface area contributed by atoms with E-state index in [-0.39, 0.29) is 5.28 Å². The van der Waals surface area contributed by atoms with Crippen LogP contribution in [-0.4, -0.2) is 31.8 Å². The van der Waals surface area contributed by atoms with Crippen LogP contribution in [0.25, 0.3) is 11.0 Å². The predicted molar refractivity (Wildman–Crippen MR) is 72.7 cm³/mol. The first-order chi connectivity index (χ1) is 9.24. The molecule has 0 atom stereocenters. The zero-order valence-corrected chi connectivity index (χ0v) is 11.6. The van der Waals surface area contributed by atoms with Gasteiger partial charge in [-0.15, -0.1) is 11.3 Å². The molecular formula is C11H10ClN5OS. The Labute approximate surface area is 117 Å². The molecule has 19 heavy (non-hydrogen) atoms. The number of nitrogens with zero attached hydrogens (tertiary/aromatic N) is 4. The SMILES string of the molecule is Cc1ncsc1CCOc1nc(Cl)nc2[nH]ncc12. The smallest absolute Gasteiger partial charge is 0.229 e. The van der Waals surface area contributed by atoms with E-state index in [1.165, 1.54) is 4.88 Å². The molecule has 0 saturated carbocycles. The number of hydrogen-bond acceptors (Lipinski definition) is 6. The van der Waals surface area contributed by atoms with Gasteiger partial charge in [0.15, 0.2) is 5.65 Å². The van der Waals surface area contributed by atoms with Crippen molar-refractivity contribution < 1.29 is 4.74 Å². The van der Waals surface area contributed by atoms with Crippen molar-refractivity contribution in [2.24, 2.45) is 0 Å². The highest BCUT2D eigenvalue weighted by molar-refractivity contribution is 7.09. The average Bonchev–Trinajstić information content (AvgIpc) is 2.98. The molecule has 0 aromatic carbocycles. The van der Waals surface area contributed by atoms with Crippen molar-refractivity contribution in [1.29, 1.82) is 0 Å². The lowest BCUT2D eigenvalue weighted by Crippen LogP contribution is -2.03. The molecule has 0 unspecified atom stereocenters. The maximum atomic E-state index is 5.83. The van der Waals surface area contributed by atoms with Gasteiger partial charge in [-0.3, -0.25) is 5.10 Å². The van der Waals surface area contributed by atoms with Crippen molar-refractivity contribution >= 4 is 34.0 Å². The van der Waals surface area contributed by atoms with Gasteiger partial charge in [-0.05, 0) is 18.5 Å². The van der Waals surface area contributed by atoms with Gasteiger partial charge in [0.2, 0.25) is 11.2 Å². The molecule has 0 spiro atoms. The number of rotatable bonds is 4. The number of hydrogen-bond donors (Lipinski definition) is 1. The highest BCUT2D eigenvalue weighted by Gasteiger charge is 2.10. The number of thiazole rings is 1. The lowest BCUT2D eigenvalue weighted by molar-refractivity contribution is 0.314. The zero-order valence-electron chi connectivity index (χ0n) is 10.1. The summed E-state index contributed by atoms with van der Waals surface area (Å²) in [7, 11) is 0. The molecular weight excluding hydrogens is 286 g/mol. The molecule has 3 heterocycles. The summed E-state index contributed by atoms with van der Waals surface area (Å²) < 4.78 is 5.67. The third-order valence-electron chi connectivity index (χ3n) is 2.66. The van der Waals surface area contributed by atoms with Crippen LogP contribution in [0.15, 0.2) is 11.7 Å². The minimum absolute atomic E-state index is 0.140. The molecule has 0 radical (unpaired) electrons. The first-order valence-electron chi connectivity index (χ1n) is 5.62. The van der Waals surface area contributed by atoms with E-state index in [2.05, 4.69) is 25.1 Å². The number of H-pyrrole nitrogens is 1. The van der Waals surface area contributed by atoms with Gasteiger partial charge < -0.3 is 4.74 Å². The maximum absolute atomic E-state index is 5.83. The van der Waals surface area contributed by atoms with Crippen molar-refractivity contribution in [3.05, 3.63) is 27.6 Å². The summed E-state index contributed by atoms with van der Waals surface area (Å²) in [4.78, 5) is 13.5. The average molecular weight is 296 g/mol. The molecule has 0 aliphatic heterocycles. The van der Waals surface area contributed by atoms with Gasteiger partial charge in [0.1, 0.15) is 5.39 Å². The fraction of sp³-hybridized carbons (Fsp3) is 0.273. The van der Waals surface area contributed by atoms with Crippen molar-refractivity contribution in [3.8, 4) is 5.88 Å². The van der Waals surface area contributed by atoms with Gasteiger partial charge >= 0.3 is 0 Å². The van der Waals surface area contributed by atoms with Crippen LogP contribution < -0.4 is 4.74 Å². The third-order valence-corrected chi connectivity index (χ3v) is 3.82. The van der Waals surface area contributed by atoms with E-state index < -0.39 is 0 Å². The Balaban J connectivity index is 1.75. The lowest BCUT2D eigenvalue weighted by atomic mass is 10.3. The van der Waals surface area contributed by atoms with Crippen LogP contribution in [0.2, 0.25) is 5.28 Å². The number of aryl methyl sites for hydroxylation is 1. The largest absolute Gasteiger partial charge is 0.477 e. The summed E-state index contributed by atoms with van der Waals surface area (Å²) in [6.45, 7) is 2.50. The van der Waals surface area contributed by atoms with Gasteiger partial charge in [-0.25, -0.2) is 4.98 Å². The summed E-state index contributed by atoms with van der Waals surface area (Å²) in [6.07, 6.45) is 2.41. The number of ether oxygens (including phenoxy) is 1. The van der Waals surface area contributed by atoms with E-state index >= 15 is 0 Å². The Morgan fingerprint density at radius 3 is 3.11 bits per heavy atom. The molecule has 0 saturated heterocycles. The monoisotopic (exact) mass is 295 g/mol. The minimum Gasteiger partial charge on any atom is -0.477 e. The minimum atomic E-state index is 0.140. The first kappa shape index (κ1) is 12.3. The fourth-order valence-electron chi connectivity index (χ4n) is 1.70. The van der Waals surface area contributed by atoms with Crippen LogP contribution in [0.1, 0.15) is 10.6 Å². The van der Waals surface area contributed by atoms with Crippen LogP contribution >= 0.6 is 22.9 Å². The molecule has 0 fully saturated rings. The molecule has 1 N–H and O–H groups in total. The zero-order chi connectivity index (χ0) is 13.2. The number of aromatic amines is 1. The van der Waals surface area contributed by atoms with Crippen LogP contribution in [0.4, 0.5) is 0 Å². The molecule has 6 nitrogen and oxygen atoms in total. The van der Waals surface area contributed by atoms with Crippen molar-refractivity contribution in [2.75, 3.05) is 6.61 Å². The van der Waals surface area contributed by atoms with Gasteiger partial charge in [0, 0.05) is 11.3 Å². The predicted octanol–water partition coefficient (Wildman–Crippen LogP) is 2.39. The molecule has 3 aromatic rings. The molecule has 0 aliphatic rings. The fourth-order valence-corrected chi connectivity index (χ4v) is 2.62. The number of fused-ring (bicyclic) bond motifs is 1. The highest BCUT2D eigenvalue weighted by Crippen LogP contribution is 2.22. The summed E-state index contributed by atoms with van der Waals surface area (Å²) >= 11 is 7.45. The van der Waals surface area contributed by atoms with Gasteiger partial charge in [-0.1, -0.05) is 0 Å². The quantitative estimate of drug-likeness (QED) is 0.748. The second-order valence-corrected chi connectivity index (χ2v) is 5.17. The summed E-state index contributed by atoms with van der Waals surface area (Å²) in [6, 6.07) is 0. The van der Waals surface area contributed by atoms with Crippen LogP contribution in [0.5, 0.6) is 5.88 Å². The molecule has 8 heteroatoms. The summed E-state index contributed by atoms with van der Waals surface area (Å²) in [5.41, 5.74) is 3.45. The molecule has 0 amide bonds. The van der Waals surface area contributed by atoms with E-state index in [4.69, 9.17) is 16.3 Å². The van der Waals surface area contributed by atoms with Crippen LogP contribution in [0.3, 0.4) is 0 Å². The molecule has 3 aromatic heterocycles. The van der Waals surface area contributed by atoms with E-state index in [1.807, 2.05) is 12.4 Å². The molecule has 3 rings (SSSR count). The van der Waals surface area contributed by atoms with Gasteiger partial charge in [0.05, 0.1) is 24.0 Å². The molecule has 0 bridgehead atoms. The number of aromatic nitrogens is 5. The van der Waals surface area contributed by atoms with E-state index in [9.17, 15) is 0 Å². The Hall–Kier alpha value is -1.73. The van der Waals surface area contributed by atoms with Crippen LogP contribution in [-0.2, 0) is 6.42 Å². The Morgan fingerprint density at radius 1 is 1.42 bits per heavy atom. The Morgan fingerprint density at radius 2 is 2.32 bits per heavy atom. The van der Waals surface area contributed by atoms with Crippen molar-refractivity contribution in [3.63, 3.8) is 0 Å². The first-order valence-corrected chi connectivity index (χ1v) is 6.88. The van der Waals surface area contributed by atoms with Crippen molar-refractivity contribution in [1.82, 2.24) is 25.1 Å². The standard InChI is InChI=1S/C11H10ClN5OS/c1-6-8(19-5-13-6)2-3-18-10-7-4-14-17-9(7)15-11(12)16-10/h4-5H,2-3H2,1H3,(H,14,15,16,17). The van der Waals surface area contributed by atoms with Gasteiger partial charge in [0.25, 0.3) is 0 Å². The normalized spacial score (nSPS) is 11.1. The number of halogens is 1. The van der Waals surface area contributed by atoms with E-state index in [0.29, 0.717) is 18.1 Å². The third kappa shape index (κ3) is 2.52. The van der Waals surface area contributed by atoms with Gasteiger partial charge in [-0.2, -0.15) is 15.1 Å².